The van der Waals surface area contributed by atoms with Crippen LogP contribution >= 0.6 is 15.9 Å². The molecule has 0 aliphatic carbocycles. The Morgan fingerprint density at radius 2 is 1.71 bits per heavy atom. The summed E-state index contributed by atoms with van der Waals surface area (Å²) in [6.07, 6.45) is 0. The number of esters is 2. The maximum atomic E-state index is 12.4. The van der Waals surface area contributed by atoms with Gasteiger partial charge in [0.2, 0.25) is 5.69 Å². The van der Waals surface area contributed by atoms with Gasteiger partial charge in [0.15, 0.2) is 0 Å². The van der Waals surface area contributed by atoms with Crippen LogP contribution in [0.5, 0.6) is 17.2 Å². The van der Waals surface area contributed by atoms with Crippen LogP contribution in [-0.4, -0.2) is 47.0 Å². The number of carbonyl (C=O) groups is 2. The SMILES string of the molecule is COc1ccc(Oc2c(C)cc(-n3nc(C(=O)OCCOC(C)=O)c(=O)[nH]c3=O)cc2C)cc1Br. The van der Waals surface area contributed by atoms with Gasteiger partial charge in [0.25, 0.3) is 5.56 Å². The number of aromatic nitrogens is 3. The number of nitrogens with zero attached hydrogens (tertiary/aromatic N) is 2. The second-order valence-corrected chi connectivity index (χ2v) is 8.16. The van der Waals surface area contributed by atoms with Gasteiger partial charge < -0.3 is 18.9 Å². The lowest BCUT2D eigenvalue weighted by Crippen LogP contribution is -2.36. The van der Waals surface area contributed by atoms with Crippen LogP contribution in [0.15, 0.2) is 44.4 Å². The third kappa shape index (κ3) is 6.15. The van der Waals surface area contributed by atoms with E-state index in [-0.39, 0.29) is 13.2 Å². The van der Waals surface area contributed by atoms with Crippen molar-refractivity contribution in [3.05, 3.63) is 72.5 Å². The lowest BCUT2D eigenvalue weighted by Gasteiger charge is -2.15. The fourth-order valence-corrected chi connectivity index (χ4v) is 3.66. The molecule has 0 fully saturated rings. The molecule has 3 rings (SSSR count). The molecular formula is C23H22BrN3O8. The summed E-state index contributed by atoms with van der Waals surface area (Å²) in [6.45, 7) is 4.32. The molecule has 0 unspecified atom stereocenters. The van der Waals surface area contributed by atoms with Crippen LogP contribution in [0.1, 0.15) is 28.5 Å². The molecule has 0 aliphatic heterocycles. The number of ether oxygens (including phenoxy) is 4. The number of halogens is 1. The molecule has 0 aliphatic rings. The predicted molar refractivity (Wildman–Crippen MR) is 128 cm³/mol. The molecule has 11 nitrogen and oxygen atoms in total. The van der Waals surface area contributed by atoms with Crippen LogP contribution in [0.25, 0.3) is 5.69 Å². The minimum atomic E-state index is -1.06. The molecular weight excluding hydrogens is 526 g/mol. The molecule has 0 saturated carbocycles. The third-order valence-corrected chi connectivity index (χ3v) is 5.30. The van der Waals surface area contributed by atoms with Crippen LogP contribution in [0.3, 0.4) is 0 Å². The number of H-pyrrole nitrogens is 1. The van der Waals surface area contributed by atoms with E-state index >= 15 is 0 Å². The Labute approximate surface area is 207 Å². The summed E-state index contributed by atoms with van der Waals surface area (Å²) in [5.41, 5.74) is -0.792. The van der Waals surface area contributed by atoms with Gasteiger partial charge in [0.05, 0.1) is 17.3 Å². The summed E-state index contributed by atoms with van der Waals surface area (Å²) < 4.78 is 22.4. The van der Waals surface area contributed by atoms with Crippen LogP contribution in [0.2, 0.25) is 0 Å². The first-order valence-electron chi connectivity index (χ1n) is 10.3. The highest BCUT2D eigenvalue weighted by Gasteiger charge is 2.19. The highest BCUT2D eigenvalue weighted by atomic mass is 79.9. The normalized spacial score (nSPS) is 10.5. The van der Waals surface area contributed by atoms with Crippen molar-refractivity contribution in [2.45, 2.75) is 20.8 Å². The molecule has 12 heteroatoms. The topological polar surface area (TPSA) is 139 Å². The molecule has 184 valence electrons. The Bertz CT molecular complexity index is 1370. The number of rotatable bonds is 8. The van der Waals surface area contributed by atoms with E-state index in [0.717, 1.165) is 9.15 Å². The lowest BCUT2D eigenvalue weighted by atomic mass is 10.1. The Balaban J connectivity index is 1.89. The summed E-state index contributed by atoms with van der Waals surface area (Å²) in [6, 6.07) is 8.53. The zero-order valence-corrected chi connectivity index (χ0v) is 20.9. The summed E-state index contributed by atoms with van der Waals surface area (Å²) >= 11 is 3.42. The minimum Gasteiger partial charge on any atom is -0.496 e. The van der Waals surface area contributed by atoms with Gasteiger partial charge in [-0.25, -0.2) is 9.59 Å². The predicted octanol–water partition coefficient (Wildman–Crippen LogP) is 2.82. The Hall–Kier alpha value is -3.93. The standard InChI is InChI=1S/C23H22BrN3O8/c1-12-9-15(10-13(2)20(12)35-16-5-6-18(32-4)17(24)11-16)27-23(31)25-21(29)19(26-27)22(30)34-8-7-33-14(3)28/h5-6,9-11H,7-8H2,1-4H3,(H,25,29,31). The van der Waals surface area contributed by atoms with E-state index in [0.29, 0.717) is 34.1 Å². The molecule has 35 heavy (non-hydrogen) atoms. The quantitative estimate of drug-likeness (QED) is 0.333. The minimum absolute atomic E-state index is 0.177. The molecule has 0 amide bonds. The fraction of sp³-hybridized carbons (Fsp3) is 0.261. The zero-order valence-electron chi connectivity index (χ0n) is 19.3. The number of aromatic amines is 1. The van der Waals surface area contributed by atoms with Crippen LogP contribution < -0.4 is 20.7 Å². The molecule has 1 N–H and O–H groups in total. The monoisotopic (exact) mass is 547 g/mol. The van der Waals surface area contributed by atoms with E-state index in [1.54, 1.807) is 51.3 Å². The van der Waals surface area contributed by atoms with Gasteiger partial charge in [-0.2, -0.15) is 9.78 Å². The lowest BCUT2D eigenvalue weighted by molar-refractivity contribution is -0.142. The van der Waals surface area contributed by atoms with E-state index < -0.39 is 28.9 Å². The average Bonchev–Trinajstić information content (AvgIpc) is 2.79. The van der Waals surface area contributed by atoms with Crippen molar-refractivity contribution >= 4 is 27.9 Å². The van der Waals surface area contributed by atoms with Crippen LogP contribution in [0.4, 0.5) is 0 Å². The highest BCUT2D eigenvalue weighted by Crippen LogP contribution is 2.34. The summed E-state index contributed by atoms with van der Waals surface area (Å²) in [5, 5.41) is 3.90. The van der Waals surface area contributed by atoms with Gasteiger partial charge in [0.1, 0.15) is 30.5 Å². The molecule has 2 aromatic carbocycles. The first kappa shape index (κ1) is 25.7. The van der Waals surface area contributed by atoms with Crippen molar-refractivity contribution in [3.63, 3.8) is 0 Å². The van der Waals surface area contributed by atoms with E-state index in [1.807, 2.05) is 0 Å². The maximum Gasteiger partial charge on any atom is 0.364 e. The van der Waals surface area contributed by atoms with E-state index in [4.69, 9.17) is 14.2 Å². The number of aryl methyl sites for hydroxylation is 2. The first-order valence-corrected chi connectivity index (χ1v) is 11.1. The third-order valence-electron chi connectivity index (χ3n) is 4.68. The van der Waals surface area contributed by atoms with Gasteiger partial charge in [0, 0.05) is 6.92 Å². The number of benzene rings is 2. The average molecular weight is 548 g/mol. The number of carbonyl (C=O) groups excluding carboxylic acids is 2. The molecule has 1 heterocycles. The second kappa shape index (κ2) is 11.0. The van der Waals surface area contributed by atoms with Gasteiger partial charge in [-0.3, -0.25) is 14.6 Å². The van der Waals surface area contributed by atoms with E-state index in [2.05, 4.69) is 30.7 Å². The Kier molecular flexibility index (Phi) is 8.07. The molecule has 0 atom stereocenters. The molecule has 0 spiro atoms. The van der Waals surface area contributed by atoms with Crippen molar-refractivity contribution in [1.29, 1.82) is 0 Å². The molecule has 3 aromatic rings. The maximum absolute atomic E-state index is 12.4. The molecule has 0 saturated heterocycles. The van der Waals surface area contributed by atoms with Crippen LogP contribution in [0, 0.1) is 13.8 Å². The van der Waals surface area contributed by atoms with Crippen molar-refractivity contribution in [3.8, 4) is 22.9 Å². The smallest absolute Gasteiger partial charge is 0.364 e. The zero-order chi connectivity index (χ0) is 25.7. The van der Waals surface area contributed by atoms with E-state index in [1.165, 1.54) is 6.92 Å². The summed E-state index contributed by atoms with van der Waals surface area (Å²) in [5.74, 6) is 0.183. The van der Waals surface area contributed by atoms with E-state index in [9.17, 15) is 19.2 Å². The number of methoxy groups -OCH3 is 1. The summed E-state index contributed by atoms with van der Waals surface area (Å²) in [4.78, 5) is 49.7. The fourth-order valence-electron chi connectivity index (χ4n) is 3.14. The second-order valence-electron chi connectivity index (χ2n) is 7.30. The highest BCUT2D eigenvalue weighted by molar-refractivity contribution is 9.10. The number of hydrogen-bond acceptors (Lipinski definition) is 9. The molecule has 1 aromatic heterocycles. The first-order chi connectivity index (χ1) is 16.6. The van der Waals surface area contributed by atoms with Gasteiger partial charge in [-0.15, -0.1) is 0 Å². The summed E-state index contributed by atoms with van der Waals surface area (Å²) in [7, 11) is 1.56. The van der Waals surface area contributed by atoms with Gasteiger partial charge >= 0.3 is 17.6 Å². The number of nitrogens with one attached hydrogen (secondary N) is 1. The Morgan fingerprint density at radius 1 is 1.06 bits per heavy atom. The number of hydrogen-bond donors (Lipinski definition) is 1. The van der Waals surface area contributed by atoms with Crippen molar-refractivity contribution < 1.29 is 28.5 Å². The Morgan fingerprint density at radius 3 is 2.31 bits per heavy atom. The van der Waals surface area contributed by atoms with Crippen molar-refractivity contribution in [1.82, 2.24) is 14.8 Å². The molecule has 0 radical (unpaired) electrons. The van der Waals surface area contributed by atoms with Gasteiger partial charge in [-0.1, -0.05) is 0 Å². The molecule has 0 bridgehead atoms. The van der Waals surface area contributed by atoms with Crippen molar-refractivity contribution in [2.75, 3.05) is 20.3 Å². The van der Waals surface area contributed by atoms with Gasteiger partial charge in [-0.05, 0) is 71.2 Å². The van der Waals surface area contributed by atoms with Crippen LogP contribution in [-0.2, 0) is 14.3 Å². The largest absolute Gasteiger partial charge is 0.496 e. The van der Waals surface area contributed by atoms with Crippen molar-refractivity contribution in [2.24, 2.45) is 0 Å².